The molecule has 1 unspecified atom stereocenters. The Balaban J connectivity index is 1.97. The van der Waals surface area contributed by atoms with Crippen molar-refractivity contribution in [2.75, 3.05) is 32.7 Å². The number of likely N-dealkylation sites (tertiary alicyclic amines) is 1. The standard InChI is InChI=1S/C13H25N3O/c1-11(2)15-7-3-5-12(10-15)16-8-4-6-14-9-13(16)17/h11-12,14H,3-10H2,1-2H3. The topological polar surface area (TPSA) is 35.6 Å². The molecule has 0 saturated carbocycles. The van der Waals surface area contributed by atoms with Crippen LogP contribution in [0.2, 0.25) is 0 Å². The summed E-state index contributed by atoms with van der Waals surface area (Å²) < 4.78 is 0. The van der Waals surface area contributed by atoms with Crippen LogP contribution in [0.5, 0.6) is 0 Å². The van der Waals surface area contributed by atoms with Crippen molar-refractivity contribution in [2.45, 2.75) is 45.2 Å². The Kier molecular flexibility index (Phi) is 4.40. The van der Waals surface area contributed by atoms with E-state index >= 15 is 0 Å². The van der Waals surface area contributed by atoms with Gasteiger partial charge in [0.2, 0.25) is 5.91 Å². The van der Waals surface area contributed by atoms with Gasteiger partial charge < -0.3 is 10.2 Å². The summed E-state index contributed by atoms with van der Waals surface area (Å²) in [5.74, 6) is 0.290. The van der Waals surface area contributed by atoms with Gasteiger partial charge in [0.15, 0.2) is 0 Å². The van der Waals surface area contributed by atoms with Gasteiger partial charge in [-0.2, -0.15) is 0 Å². The maximum atomic E-state index is 12.0. The van der Waals surface area contributed by atoms with Gasteiger partial charge in [-0.3, -0.25) is 9.69 Å². The second-order valence-corrected chi connectivity index (χ2v) is 5.50. The van der Waals surface area contributed by atoms with Crippen LogP contribution in [0.15, 0.2) is 0 Å². The van der Waals surface area contributed by atoms with E-state index in [4.69, 9.17) is 0 Å². The third kappa shape index (κ3) is 3.19. The van der Waals surface area contributed by atoms with E-state index in [9.17, 15) is 4.79 Å². The summed E-state index contributed by atoms with van der Waals surface area (Å²) in [5, 5.41) is 3.20. The molecule has 1 atom stereocenters. The van der Waals surface area contributed by atoms with Gasteiger partial charge in [-0.05, 0) is 46.2 Å². The fraction of sp³-hybridized carbons (Fsp3) is 0.923. The highest BCUT2D eigenvalue weighted by Crippen LogP contribution is 2.18. The van der Waals surface area contributed by atoms with Crippen molar-refractivity contribution in [2.24, 2.45) is 0 Å². The Morgan fingerprint density at radius 1 is 1.29 bits per heavy atom. The normalized spacial score (nSPS) is 28.5. The average Bonchev–Trinajstić information content (AvgIpc) is 2.54. The molecule has 0 aromatic carbocycles. The summed E-state index contributed by atoms with van der Waals surface area (Å²) in [7, 11) is 0. The maximum Gasteiger partial charge on any atom is 0.236 e. The van der Waals surface area contributed by atoms with Gasteiger partial charge in [-0.15, -0.1) is 0 Å². The van der Waals surface area contributed by atoms with Gasteiger partial charge in [-0.1, -0.05) is 0 Å². The van der Waals surface area contributed by atoms with Crippen molar-refractivity contribution < 1.29 is 4.79 Å². The van der Waals surface area contributed by atoms with Crippen molar-refractivity contribution >= 4 is 5.91 Å². The van der Waals surface area contributed by atoms with E-state index in [-0.39, 0.29) is 5.91 Å². The molecular formula is C13H25N3O. The van der Waals surface area contributed by atoms with Crippen LogP contribution in [0.4, 0.5) is 0 Å². The van der Waals surface area contributed by atoms with E-state index in [0.29, 0.717) is 18.6 Å². The molecule has 2 heterocycles. The highest BCUT2D eigenvalue weighted by Gasteiger charge is 2.29. The van der Waals surface area contributed by atoms with Crippen LogP contribution in [0.1, 0.15) is 33.1 Å². The van der Waals surface area contributed by atoms with Crippen LogP contribution in [-0.4, -0.2) is 60.5 Å². The molecule has 0 aromatic rings. The van der Waals surface area contributed by atoms with Crippen LogP contribution in [-0.2, 0) is 4.79 Å². The molecule has 2 saturated heterocycles. The first kappa shape index (κ1) is 12.8. The summed E-state index contributed by atoms with van der Waals surface area (Å²) in [5.41, 5.74) is 0. The number of hydrogen-bond donors (Lipinski definition) is 1. The van der Waals surface area contributed by atoms with Crippen LogP contribution in [0.25, 0.3) is 0 Å². The summed E-state index contributed by atoms with van der Waals surface area (Å²) in [6.45, 7) is 9.17. The predicted molar refractivity (Wildman–Crippen MR) is 68.9 cm³/mol. The lowest BCUT2D eigenvalue weighted by Gasteiger charge is -2.40. The molecule has 0 aromatic heterocycles. The van der Waals surface area contributed by atoms with Crippen molar-refractivity contribution in [3.8, 4) is 0 Å². The maximum absolute atomic E-state index is 12.0. The van der Waals surface area contributed by atoms with E-state index in [1.165, 1.54) is 19.4 Å². The number of carbonyl (C=O) groups excluding carboxylic acids is 1. The Morgan fingerprint density at radius 3 is 2.88 bits per heavy atom. The summed E-state index contributed by atoms with van der Waals surface area (Å²) >= 11 is 0. The molecular weight excluding hydrogens is 214 g/mol. The van der Waals surface area contributed by atoms with Crippen molar-refractivity contribution in [3.63, 3.8) is 0 Å². The van der Waals surface area contributed by atoms with E-state index in [2.05, 4.69) is 29.0 Å². The van der Waals surface area contributed by atoms with E-state index in [1.807, 2.05) is 0 Å². The SMILES string of the molecule is CC(C)N1CCCC(N2CCCNCC2=O)C1. The number of amides is 1. The fourth-order valence-electron chi connectivity index (χ4n) is 2.89. The third-order valence-electron chi connectivity index (χ3n) is 3.95. The first-order valence-corrected chi connectivity index (χ1v) is 6.92. The van der Waals surface area contributed by atoms with Gasteiger partial charge >= 0.3 is 0 Å². The average molecular weight is 239 g/mol. The third-order valence-corrected chi connectivity index (χ3v) is 3.95. The second-order valence-electron chi connectivity index (χ2n) is 5.50. The second kappa shape index (κ2) is 5.83. The Bertz CT molecular complexity index is 267. The minimum absolute atomic E-state index is 0.290. The minimum Gasteiger partial charge on any atom is -0.337 e. The molecule has 2 rings (SSSR count). The lowest BCUT2D eigenvalue weighted by atomic mass is 10.0. The van der Waals surface area contributed by atoms with Crippen LogP contribution >= 0.6 is 0 Å². The van der Waals surface area contributed by atoms with Gasteiger partial charge in [-0.25, -0.2) is 0 Å². The molecule has 2 aliphatic heterocycles. The van der Waals surface area contributed by atoms with Gasteiger partial charge in [0.05, 0.1) is 6.54 Å². The number of carbonyl (C=O) groups is 1. The van der Waals surface area contributed by atoms with Crippen molar-refractivity contribution in [1.82, 2.24) is 15.1 Å². The lowest BCUT2D eigenvalue weighted by molar-refractivity contribution is -0.133. The minimum atomic E-state index is 0.290. The number of nitrogens with one attached hydrogen (secondary N) is 1. The monoisotopic (exact) mass is 239 g/mol. The van der Waals surface area contributed by atoms with E-state index < -0.39 is 0 Å². The quantitative estimate of drug-likeness (QED) is 0.770. The number of nitrogens with zero attached hydrogens (tertiary/aromatic N) is 2. The molecule has 4 heteroatoms. The van der Waals surface area contributed by atoms with Gasteiger partial charge in [0.25, 0.3) is 0 Å². The summed E-state index contributed by atoms with van der Waals surface area (Å²) in [6.07, 6.45) is 3.49. The molecule has 1 N–H and O–H groups in total. The van der Waals surface area contributed by atoms with E-state index in [0.717, 1.165) is 26.1 Å². The largest absolute Gasteiger partial charge is 0.337 e. The highest BCUT2D eigenvalue weighted by atomic mass is 16.2. The molecule has 1 amide bonds. The predicted octanol–water partition coefficient (Wildman–Crippen LogP) is 0.681. The fourth-order valence-corrected chi connectivity index (χ4v) is 2.89. The zero-order chi connectivity index (χ0) is 12.3. The zero-order valence-electron chi connectivity index (χ0n) is 11.1. The van der Waals surface area contributed by atoms with E-state index in [1.54, 1.807) is 0 Å². The molecule has 2 fully saturated rings. The lowest BCUT2D eigenvalue weighted by Crippen LogP contribution is -2.52. The number of piperidine rings is 1. The molecule has 0 spiro atoms. The first-order valence-electron chi connectivity index (χ1n) is 6.92. The molecule has 0 aliphatic carbocycles. The summed E-state index contributed by atoms with van der Waals surface area (Å²) in [4.78, 5) is 16.7. The molecule has 2 aliphatic rings. The highest BCUT2D eigenvalue weighted by molar-refractivity contribution is 5.78. The Hall–Kier alpha value is -0.610. The molecule has 17 heavy (non-hydrogen) atoms. The van der Waals surface area contributed by atoms with Crippen LogP contribution < -0.4 is 5.32 Å². The number of hydrogen-bond acceptors (Lipinski definition) is 3. The van der Waals surface area contributed by atoms with Crippen LogP contribution in [0.3, 0.4) is 0 Å². The number of rotatable bonds is 2. The van der Waals surface area contributed by atoms with Crippen molar-refractivity contribution in [3.05, 3.63) is 0 Å². The smallest absolute Gasteiger partial charge is 0.236 e. The molecule has 0 radical (unpaired) electrons. The van der Waals surface area contributed by atoms with Crippen LogP contribution in [0, 0.1) is 0 Å². The Labute approximate surface area is 104 Å². The first-order chi connectivity index (χ1) is 8.18. The molecule has 98 valence electrons. The molecule has 4 nitrogen and oxygen atoms in total. The zero-order valence-corrected chi connectivity index (χ0v) is 11.1. The Morgan fingerprint density at radius 2 is 2.12 bits per heavy atom. The molecule has 0 bridgehead atoms. The summed E-state index contributed by atoms with van der Waals surface area (Å²) in [6, 6.07) is 1.04. The van der Waals surface area contributed by atoms with Gasteiger partial charge in [0, 0.05) is 25.2 Å². The van der Waals surface area contributed by atoms with Crippen molar-refractivity contribution in [1.29, 1.82) is 0 Å². The van der Waals surface area contributed by atoms with Gasteiger partial charge in [0.1, 0.15) is 0 Å².